The van der Waals surface area contributed by atoms with Crippen LogP contribution in [0.1, 0.15) is 154 Å². The second-order valence-electron chi connectivity index (χ2n) is 26.8. The summed E-state index contributed by atoms with van der Waals surface area (Å²) in [7, 11) is 0. The highest BCUT2D eigenvalue weighted by molar-refractivity contribution is 5.68. The van der Waals surface area contributed by atoms with Crippen molar-refractivity contribution in [3.63, 3.8) is 0 Å². The van der Waals surface area contributed by atoms with E-state index in [4.69, 9.17) is 67.8 Å². The summed E-state index contributed by atoms with van der Waals surface area (Å²) in [5.74, 6) is 6.93. The smallest absolute Gasteiger partial charge is 0.329 e. The van der Waals surface area contributed by atoms with Gasteiger partial charge in [0, 0.05) is 0 Å². The fourth-order valence-corrected chi connectivity index (χ4v) is 19.1. The van der Waals surface area contributed by atoms with Gasteiger partial charge in [0.25, 0.3) is 0 Å². The van der Waals surface area contributed by atoms with E-state index in [0.29, 0.717) is 79.3 Å². The van der Waals surface area contributed by atoms with E-state index in [9.17, 15) is 19.2 Å². The molecule has 0 aromatic rings. The fourth-order valence-electron chi connectivity index (χ4n) is 19.1. The van der Waals surface area contributed by atoms with Crippen LogP contribution in [0.3, 0.4) is 0 Å². The van der Waals surface area contributed by atoms with Crippen LogP contribution >= 0.6 is 0 Å². The summed E-state index contributed by atoms with van der Waals surface area (Å²) in [5.41, 5.74) is 0.377. The minimum absolute atomic E-state index is 0.0485. The van der Waals surface area contributed by atoms with Crippen LogP contribution < -0.4 is 0 Å². The highest BCUT2D eigenvalue weighted by Crippen LogP contribution is 2.60. The lowest BCUT2D eigenvalue weighted by molar-refractivity contribution is -0.178. The molecule has 0 atom stereocenters. The maximum absolute atomic E-state index is 10.6. The Morgan fingerprint density at radius 2 is 0.410 bits per heavy atom. The van der Waals surface area contributed by atoms with Crippen LogP contribution in [0.4, 0.5) is 0 Å². The number of carboxylic acid groups (broad SMARTS) is 4. The van der Waals surface area contributed by atoms with Crippen molar-refractivity contribution in [3.05, 3.63) is 0 Å². The van der Waals surface area contributed by atoms with Crippen molar-refractivity contribution in [1.82, 2.24) is 0 Å². The fraction of sp³-hybridized carbons (Fsp3) is 0.933. The first kappa shape index (κ1) is 60.1. The van der Waals surface area contributed by atoms with E-state index >= 15 is 0 Å². The van der Waals surface area contributed by atoms with Crippen molar-refractivity contribution >= 4 is 23.9 Å². The van der Waals surface area contributed by atoms with Crippen molar-refractivity contribution in [3.8, 4) is 0 Å². The van der Waals surface area contributed by atoms with Gasteiger partial charge in [-0.1, -0.05) is 0 Å². The average Bonchev–Trinajstić information content (AvgIpc) is 3.46. The molecule has 444 valence electrons. The van der Waals surface area contributed by atoms with Gasteiger partial charge >= 0.3 is 23.9 Å². The van der Waals surface area contributed by atoms with Crippen LogP contribution in [0, 0.1) is 71.0 Å². The molecular formula is C60H96O18. The van der Waals surface area contributed by atoms with Crippen molar-refractivity contribution in [2.24, 2.45) is 71.0 Å². The number of hydrogen-bond acceptors (Lipinski definition) is 14. The molecule has 18 heteroatoms. The lowest BCUT2D eigenvalue weighted by Crippen LogP contribution is -2.52. The largest absolute Gasteiger partial charge is 0.480 e. The number of rotatable bonds is 30. The molecule has 78 heavy (non-hydrogen) atoms. The van der Waals surface area contributed by atoms with Crippen LogP contribution in [0.15, 0.2) is 0 Å². The van der Waals surface area contributed by atoms with E-state index in [-0.39, 0.29) is 48.8 Å². The van der Waals surface area contributed by atoms with Crippen LogP contribution in [0.2, 0.25) is 0 Å². The Morgan fingerprint density at radius 3 is 0.615 bits per heavy atom. The van der Waals surface area contributed by atoms with Gasteiger partial charge in [0.05, 0.1) is 102 Å². The maximum Gasteiger partial charge on any atom is 0.329 e. The molecule has 0 spiro atoms. The number of aliphatic carboxylic acids is 4. The van der Waals surface area contributed by atoms with Gasteiger partial charge < -0.3 is 67.8 Å². The summed E-state index contributed by atoms with van der Waals surface area (Å²) in [6.45, 7) is 5.04. The SMILES string of the molecule is O=C(O)COC12CC3CC(CC(C3)C1)C2.O=C(O)COCCOC12CC3CC(CC(C3)C1)C2.O=C(O)COCCOCCOC12CC3CC(CC(C3)C1)C2.O=C(O)COCCOCCOCCOC12CC3CC(CC(C3)C1)C2. The van der Waals surface area contributed by atoms with E-state index in [1.165, 1.54) is 135 Å². The summed E-state index contributed by atoms with van der Waals surface area (Å²) in [6.07, 6.45) is 31.5. The van der Waals surface area contributed by atoms with Gasteiger partial charge in [-0.2, -0.15) is 0 Å². The number of ether oxygens (including phenoxy) is 10. The molecule has 16 aliphatic rings. The lowest BCUT2D eigenvalue weighted by Gasteiger charge is -2.56. The predicted molar refractivity (Wildman–Crippen MR) is 283 cm³/mol. The zero-order chi connectivity index (χ0) is 54.6. The second kappa shape index (κ2) is 28.2. The van der Waals surface area contributed by atoms with Crippen LogP contribution in [0.5, 0.6) is 0 Å². The number of hydrogen-bond donors (Lipinski definition) is 4. The van der Waals surface area contributed by atoms with Gasteiger partial charge in [-0.05, 0) is 225 Å². The van der Waals surface area contributed by atoms with Crippen molar-refractivity contribution in [1.29, 1.82) is 0 Å². The summed E-state index contributed by atoms with van der Waals surface area (Å²) < 4.78 is 55.4. The van der Waals surface area contributed by atoms with Gasteiger partial charge in [0.2, 0.25) is 0 Å². The molecule has 0 saturated heterocycles. The Bertz CT molecular complexity index is 1780. The monoisotopic (exact) mass is 1100 g/mol. The molecule has 0 aliphatic heterocycles. The van der Waals surface area contributed by atoms with Gasteiger partial charge in [-0.3, -0.25) is 0 Å². The quantitative estimate of drug-likeness (QED) is 0.0494. The van der Waals surface area contributed by atoms with Crippen LogP contribution in [-0.2, 0) is 66.5 Å². The van der Waals surface area contributed by atoms with Gasteiger partial charge in [0.15, 0.2) is 0 Å². The van der Waals surface area contributed by atoms with E-state index in [1.807, 2.05) is 0 Å². The number of carbonyl (C=O) groups is 4. The van der Waals surface area contributed by atoms with Crippen LogP contribution in [0.25, 0.3) is 0 Å². The van der Waals surface area contributed by atoms with E-state index in [0.717, 1.165) is 90.3 Å². The summed E-state index contributed by atoms with van der Waals surface area (Å²) in [4.78, 5) is 41.4. The maximum atomic E-state index is 10.6. The first-order valence-corrected chi connectivity index (χ1v) is 30.5. The third kappa shape index (κ3) is 17.7. The first-order valence-electron chi connectivity index (χ1n) is 30.5. The Labute approximate surface area is 462 Å². The van der Waals surface area contributed by atoms with E-state index < -0.39 is 23.9 Å². The van der Waals surface area contributed by atoms with Gasteiger partial charge in [-0.25, -0.2) is 19.2 Å². The molecule has 0 aromatic heterocycles. The Balaban J connectivity index is 0.000000128. The zero-order valence-corrected chi connectivity index (χ0v) is 46.7. The van der Waals surface area contributed by atoms with Crippen LogP contribution in [-0.4, -0.2) is 172 Å². The minimum atomic E-state index is -0.961. The first-order chi connectivity index (χ1) is 37.6. The minimum Gasteiger partial charge on any atom is -0.480 e. The molecule has 0 amide bonds. The van der Waals surface area contributed by atoms with Crippen molar-refractivity contribution in [2.75, 3.05) is 106 Å². The Kier molecular flexibility index (Phi) is 21.7. The lowest BCUT2D eigenvalue weighted by atomic mass is 9.54. The van der Waals surface area contributed by atoms with Crippen molar-refractivity contribution in [2.45, 2.75) is 177 Å². The summed E-state index contributed by atoms with van der Waals surface area (Å²) in [6, 6.07) is 0. The molecule has 16 bridgehead atoms. The molecule has 0 radical (unpaired) electrons. The number of carboxylic acids is 4. The third-order valence-corrected chi connectivity index (χ3v) is 20.1. The molecule has 0 aromatic carbocycles. The zero-order valence-electron chi connectivity index (χ0n) is 46.7. The molecule has 0 unspecified atom stereocenters. The molecule has 0 heterocycles. The molecular weight excluding hydrogens is 1010 g/mol. The summed E-state index contributed by atoms with van der Waals surface area (Å²) in [5, 5.41) is 34.0. The molecule has 16 saturated carbocycles. The molecule has 18 nitrogen and oxygen atoms in total. The average molecular weight is 1110 g/mol. The normalized spacial score (nSPS) is 39.0. The highest BCUT2D eigenvalue weighted by Gasteiger charge is 2.55. The third-order valence-electron chi connectivity index (χ3n) is 20.1. The molecule has 16 aliphatic carbocycles. The highest BCUT2D eigenvalue weighted by atomic mass is 16.6. The van der Waals surface area contributed by atoms with Gasteiger partial charge in [-0.15, -0.1) is 0 Å². The van der Waals surface area contributed by atoms with E-state index in [1.54, 1.807) is 0 Å². The topological polar surface area (TPSA) is 241 Å². The standard InChI is InChI=1S/C18H30O6.C16H26O5.C14H22O4.C12H18O3/c19-17(20)13-23-4-3-21-1-2-22-5-6-24-18-10-14-7-15(11-18)9-16(8-14)12-18;17-15(18)11-20-2-1-19-3-4-21-16-8-12-5-13(9-16)7-14(6-12)10-16;15-13(16)9-17-1-2-18-14-6-10-3-11(7-14)5-12(4-10)8-14;13-11(14)7-15-12-4-8-1-9(5-12)3-10(2-8)6-12/h14-16H,1-13H2,(H,19,20);12-14H,1-11H2,(H,17,18);10-12H,1-9H2,(H,15,16);8-10H,1-7H2,(H,13,14). The summed E-state index contributed by atoms with van der Waals surface area (Å²) >= 11 is 0. The predicted octanol–water partition coefficient (Wildman–Crippen LogP) is 8.33. The molecule has 4 N–H and O–H groups in total. The molecule has 16 rings (SSSR count). The Morgan fingerprint density at radius 1 is 0.244 bits per heavy atom. The second-order valence-corrected chi connectivity index (χ2v) is 26.8. The molecule has 16 fully saturated rings. The van der Waals surface area contributed by atoms with Crippen molar-refractivity contribution < 1.29 is 87.0 Å². The van der Waals surface area contributed by atoms with E-state index in [2.05, 4.69) is 0 Å². The Hall–Kier alpha value is -2.52. The van der Waals surface area contributed by atoms with Gasteiger partial charge in [0.1, 0.15) is 26.4 Å².